The van der Waals surface area contributed by atoms with E-state index in [0.29, 0.717) is 46.6 Å². The van der Waals surface area contributed by atoms with Gasteiger partial charge in [-0.2, -0.15) is 0 Å². The van der Waals surface area contributed by atoms with Crippen molar-refractivity contribution >= 4 is 35.2 Å². The number of carbonyl (C=O) groups is 4. The molecule has 2 aromatic rings. The number of ketones is 2. The molecule has 50 heavy (non-hydrogen) atoms. The normalized spacial score (nSPS) is 11.7. The molecule has 0 heterocycles. The van der Waals surface area contributed by atoms with Gasteiger partial charge in [0.15, 0.2) is 34.6 Å². The summed E-state index contributed by atoms with van der Waals surface area (Å²) in [4.78, 5) is 50.3. The zero-order valence-electron chi connectivity index (χ0n) is 30.9. The summed E-state index contributed by atoms with van der Waals surface area (Å²) in [6, 6.07) is 9.65. The number of allylic oxidation sites excluding steroid dienone is 3. The molecular formula is C42H58O8. The Morgan fingerprint density at radius 3 is 1.72 bits per heavy atom. The van der Waals surface area contributed by atoms with Crippen molar-refractivity contribution in [3.05, 3.63) is 59.2 Å². The predicted molar refractivity (Wildman–Crippen MR) is 200 cm³/mol. The largest absolute Gasteiger partial charge is 0.504 e. The fraction of sp³-hybridized carbons (Fsp3) is 0.524. The maximum absolute atomic E-state index is 13.0. The third-order valence-corrected chi connectivity index (χ3v) is 8.77. The van der Waals surface area contributed by atoms with Gasteiger partial charge >= 0.3 is 11.9 Å². The number of aromatic hydroxyl groups is 1. The zero-order chi connectivity index (χ0) is 36.7. The molecule has 0 aliphatic carbocycles. The Balaban J connectivity index is 1.89. The average molecular weight is 691 g/mol. The molecule has 274 valence electrons. The van der Waals surface area contributed by atoms with Crippen molar-refractivity contribution in [2.45, 2.75) is 137 Å². The van der Waals surface area contributed by atoms with Crippen LogP contribution in [0, 0.1) is 0 Å². The van der Waals surface area contributed by atoms with E-state index in [1.807, 2.05) is 0 Å². The number of rotatable bonds is 25. The Bertz CT molecular complexity index is 1450. The van der Waals surface area contributed by atoms with Crippen molar-refractivity contribution in [1.82, 2.24) is 0 Å². The molecule has 2 rings (SSSR count). The third kappa shape index (κ3) is 16.0. The van der Waals surface area contributed by atoms with E-state index in [-0.39, 0.29) is 29.7 Å². The number of phenolic OH excluding ortho intramolecular Hbond substituents is 1. The van der Waals surface area contributed by atoms with E-state index in [1.165, 1.54) is 82.8 Å². The Morgan fingerprint density at radius 1 is 0.660 bits per heavy atom. The van der Waals surface area contributed by atoms with E-state index in [2.05, 4.69) is 13.8 Å². The number of methoxy groups -OCH3 is 1. The Labute approximate surface area is 299 Å². The van der Waals surface area contributed by atoms with Crippen molar-refractivity contribution in [2.75, 3.05) is 7.11 Å². The smallest absolute Gasteiger partial charge is 0.311 e. The van der Waals surface area contributed by atoms with Crippen LogP contribution in [-0.4, -0.2) is 35.7 Å². The van der Waals surface area contributed by atoms with Crippen molar-refractivity contribution in [3.63, 3.8) is 0 Å². The third-order valence-electron chi connectivity index (χ3n) is 8.77. The summed E-state index contributed by atoms with van der Waals surface area (Å²) in [5.41, 5.74) is 2.33. The molecule has 0 saturated carbocycles. The van der Waals surface area contributed by atoms with Crippen molar-refractivity contribution < 1.29 is 38.5 Å². The van der Waals surface area contributed by atoms with Crippen LogP contribution in [0.15, 0.2) is 48.0 Å². The number of hydrogen-bond donors (Lipinski definition) is 1. The van der Waals surface area contributed by atoms with Crippen molar-refractivity contribution in [1.29, 1.82) is 0 Å². The van der Waals surface area contributed by atoms with E-state index < -0.39 is 11.8 Å². The number of ether oxygens (including phenoxy) is 3. The fourth-order valence-corrected chi connectivity index (χ4v) is 5.47. The van der Waals surface area contributed by atoms with E-state index in [4.69, 9.17) is 14.2 Å². The van der Waals surface area contributed by atoms with Gasteiger partial charge in [0.25, 0.3) is 0 Å². The van der Waals surface area contributed by atoms with Crippen LogP contribution in [0.1, 0.15) is 148 Å². The molecule has 0 unspecified atom stereocenters. The van der Waals surface area contributed by atoms with Gasteiger partial charge in [-0.3, -0.25) is 19.2 Å². The standard InChI is InChI=1S/C42H58O8/c1-6-8-10-12-14-16-18-20-41(46)49-38-26-23-33(28-37(38)45)22-25-35(43)30-36(44)32(4)31(3)34-24-27-39(40(29-34)48-5)50-42(47)21-19-17-15-13-11-9-7-2/h22-29,45H,6-21,30H2,1-5H3/b25-22+,32-31+. The summed E-state index contributed by atoms with van der Waals surface area (Å²) in [5, 5.41) is 10.4. The second kappa shape index (κ2) is 24.0. The second-order valence-corrected chi connectivity index (χ2v) is 12.9. The van der Waals surface area contributed by atoms with Crippen molar-refractivity contribution in [3.8, 4) is 23.0 Å². The quantitative estimate of drug-likeness (QED) is 0.0360. The number of Topliss-reactive ketones (excluding diaryl/α,β-unsaturated/α-hetero) is 1. The minimum absolute atomic E-state index is 0.0687. The number of hydrogen-bond acceptors (Lipinski definition) is 8. The summed E-state index contributed by atoms with van der Waals surface area (Å²) in [7, 11) is 1.49. The molecule has 0 aliphatic heterocycles. The SMILES string of the molecule is CCCCCCCCCC(=O)Oc1ccc(/C=C/C(=O)CC(=O)/C(C)=C(\C)c2ccc(OC(=O)CCCCCCCCC)c(OC)c2)cc1O. The summed E-state index contributed by atoms with van der Waals surface area (Å²) in [6.07, 6.45) is 18.6. The molecular weight excluding hydrogens is 632 g/mol. The molecule has 8 heteroatoms. The van der Waals surface area contributed by atoms with E-state index >= 15 is 0 Å². The van der Waals surface area contributed by atoms with Crippen LogP contribution in [0.3, 0.4) is 0 Å². The monoisotopic (exact) mass is 690 g/mol. The molecule has 0 fully saturated rings. The van der Waals surface area contributed by atoms with Crippen LogP contribution in [-0.2, 0) is 19.2 Å². The molecule has 0 bridgehead atoms. The van der Waals surface area contributed by atoms with Crippen LogP contribution >= 0.6 is 0 Å². The van der Waals surface area contributed by atoms with Crippen LogP contribution < -0.4 is 14.2 Å². The first kappa shape index (κ1) is 42.0. The molecule has 0 saturated heterocycles. The molecule has 8 nitrogen and oxygen atoms in total. The first-order valence-electron chi connectivity index (χ1n) is 18.4. The zero-order valence-corrected chi connectivity index (χ0v) is 30.9. The highest BCUT2D eigenvalue weighted by molar-refractivity contribution is 6.14. The van der Waals surface area contributed by atoms with Gasteiger partial charge in [-0.1, -0.05) is 109 Å². The average Bonchev–Trinajstić information content (AvgIpc) is 3.10. The molecule has 2 aromatic carbocycles. The Kier molecular flexibility index (Phi) is 20.2. The van der Waals surface area contributed by atoms with Crippen LogP contribution in [0.2, 0.25) is 0 Å². The Hall–Kier alpha value is -4.20. The highest BCUT2D eigenvalue weighted by Gasteiger charge is 2.16. The van der Waals surface area contributed by atoms with E-state index in [1.54, 1.807) is 38.1 Å². The minimum atomic E-state index is -0.396. The number of esters is 2. The lowest BCUT2D eigenvalue weighted by molar-refractivity contribution is -0.135. The van der Waals surface area contributed by atoms with Gasteiger partial charge in [0.05, 0.1) is 13.5 Å². The van der Waals surface area contributed by atoms with Crippen LogP contribution in [0.25, 0.3) is 11.6 Å². The first-order chi connectivity index (χ1) is 24.1. The van der Waals surface area contributed by atoms with Gasteiger partial charge in [-0.25, -0.2) is 0 Å². The van der Waals surface area contributed by atoms with Gasteiger partial charge in [0.1, 0.15) is 0 Å². The maximum atomic E-state index is 13.0. The Morgan fingerprint density at radius 2 is 1.18 bits per heavy atom. The minimum Gasteiger partial charge on any atom is -0.504 e. The topological polar surface area (TPSA) is 116 Å². The van der Waals surface area contributed by atoms with Gasteiger partial charge < -0.3 is 19.3 Å². The lowest BCUT2D eigenvalue weighted by Crippen LogP contribution is -2.09. The van der Waals surface area contributed by atoms with E-state index in [9.17, 15) is 24.3 Å². The fourth-order valence-electron chi connectivity index (χ4n) is 5.47. The highest BCUT2D eigenvalue weighted by atomic mass is 16.6. The molecule has 0 radical (unpaired) electrons. The molecule has 0 aromatic heterocycles. The second-order valence-electron chi connectivity index (χ2n) is 12.9. The number of benzene rings is 2. The van der Waals surface area contributed by atoms with E-state index in [0.717, 1.165) is 38.5 Å². The molecule has 0 atom stereocenters. The van der Waals surface area contributed by atoms with Crippen molar-refractivity contribution in [2.24, 2.45) is 0 Å². The molecule has 1 N–H and O–H groups in total. The summed E-state index contributed by atoms with van der Waals surface area (Å²) < 4.78 is 16.4. The van der Waals surface area contributed by atoms with Gasteiger partial charge in [0.2, 0.25) is 0 Å². The molecule has 0 aliphatic rings. The van der Waals surface area contributed by atoms with Crippen LogP contribution in [0.5, 0.6) is 23.0 Å². The number of phenols is 1. The molecule has 0 spiro atoms. The number of unbranched alkanes of at least 4 members (excludes halogenated alkanes) is 12. The molecule has 0 amide bonds. The van der Waals surface area contributed by atoms with Crippen LogP contribution in [0.4, 0.5) is 0 Å². The first-order valence-corrected chi connectivity index (χ1v) is 18.4. The van der Waals surface area contributed by atoms with Gasteiger partial charge in [-0.05, 0) is 79.3 Å². The maximum Gasteiger partial charge on any atom is 0.311 e. The lowest BCUT2D eigenvalue weighted by atomic mass is 9.97. The lowest BCUT2D eigenvalue weighted by Gasteiger charge is -2.13. The number of carbonyl (C=O) groups excluding carboxylic acids is 4. The summed E-state index contributed by atoms with van der Waals surface area (Å²) >= 11 is 0. The van der Waals surface area contributed by atoms with Gasteiger partial charge in [-0.15, -0.1) is 0 Å². The summed E-state index contributed by atoms with van der Waals surface area (Å²) in [5.74, 6) is -0.857. The van der Waals surface area contributed by atoms with Gasteiger partial charge in [0, 0.05) is 12.8 Å². The highest BCUT2D eigenvalue weighted by Crippen LogP contribution is 2.32. The summed E-state index contributed by atoms with van der Waals surface area (Å²) in [6.45, 7) is 7.83. The predicted octanol–water partition coefficient (Wildman–Crippen LogP) is 10.5.